The van der Waals surface area contributed by atoms with E-state index in [0.717, 1.165) is 36.5 Å². The van der Waals surface area contributed by atoms with E-state index in [1.165, 1.54) is 12.1 Å². The lowest BCUT2D eigenvalue weighted by Gasteiger charge is -2.24. The summed E-state index contributed by atoms with van der Waals surface area (Å²) in [6.07, 6.45) is -3.65. The molecule has 156 valence electrons. The fraction of sp³-hybridized carbons (Fsp3) is 0.381. The molecule has 5 nitrogen and oxygen atoms in total. The first-order valence-corrected chi connectivity index (χ1v) is 9.33. The van der Waals surface area contributed by atoms with Gasteiger partial charge in [-0.05, 0) is 48.9 Å². The quantitative estimate of drug-likeness (QED) is 0.754. The number of carbonyl (C=O) groups is 1. The van der Waals surface area contributed by atoms with Gasteiger partial charge in [0.05, 0.1) is 12.7 Å². The molecule has 0 spiro atoms. The number of alkyl halides is 3. The molecule has 1 heterocycles. The average Bonchev–Trinajstić information content (AvgIpc) is 2.98. The number of hydrogen-bond acceptors (Lipinski definition) is 4. The van der Waals surface area contributed by atoms with E-state index in [1.807, 2.05) is 24.3 Å². The molecule has 1 fully saturated rings. The lowest BCUT2D eigenvalue weighted by molar-refractivity contribution is -0.137. The van der Waals surface area contributed by atoms with Crippen LogP contribution >= 0.6 is 0 Å². The summed E-state index contributed by atoms with van der Waals surface area (Å²) in [5, 5.41) is 0. The minimum Gasteiger partial charge on any atom is -0.497 e. The molecule has 8 heteroatoms. The maximum absolute atomic E-state index is 12.8. The monoisotopic (exact) mass is 408 g/mol. The van der Waals surface area contributed by atoms with Crippen LogP contribution in [0.15, 0.2) is 48.5 Å². The Kier molecular flexibility index (Phi) is 6.51. The number of anilines is 1. The molecular formula is C21H23F3N2O3. The normalized spacial score (nSPS) is 15.0. The molecule has 0 bridgehead atoms. The molecule has 2 aromatic rings. The lowest BCUT2D eigenvalue weighted by atomic mass is 10.2. The molecule has 0 N–H and O–H groups in total. The topological polar surface area (TPSA) is 42.0 Å². The zero-order valence-electron chi connectivity index (χ0n) is 16.1. The predicted octanol–water partition coefficient (Wildman–Crippen LogP) is 3.83. The van der Waals surface area contributed by atoms with Crippen molar-refractivity contribution >= 4 is 11.6 Å². The summed E-state index contributed by atoms with van der Waals surface area (Å²) < 4.78 is 48.8. The van der Waals surface area contributed by atoms with Gasteiger partial charge in [0.25, 0.3) is 5.91 Å². The summed E-state index contributed by atoms with van der Waals surface area (Å²) in [7, 11) is 1.62. The van der Waals surface area contributed by atoms with Crippen molar-refractivity contribution in [2.24, 2.45) is 0 Å². The van der Waals surface area contributed by atoms with Crippen LogP contribution in [0, 0.1) is 0 Å². The van der Waals surface area contributed by atoms with E-state index in [1.54, 1.807) is 12.0 Å². The molecule has 3 rings (SSSR count). The number of nitrogens with zero attached hydrogens (tertiary/aromatic N) is 2. The summed E-state index contributed by atoms with van der Waals surface area (Å²) in [5.41, 5.74) is 0.257. The zero-order valence-corrected chi connectivity index (χ0v) is 16.1. The van der Waals surface area contributed by atoms with Crippen molar-refractivity contribution in [2.45, 2.75) is 12.6 Å². The van der Waals surface area contributed by atoms with Gasteiger partial charge >= 0.3 is 6.18 Å². The van der Waals surface area contributed by atoms with E-state index in [-0.39, 0.29) is 18.3 Å². The number of benzene rings is 2. The second-order valence-electron chi connectivity index (χ2n) is 6.73. The Hall–Kier alpha value is -2.90. The number of halogens is 3. The second-order valence-corrected chi connectivity index (χ2v) is 6.73. The van der Waals surface area contributed by atoms with Crippen LogP contribution < -0.4 is 14.4 Å². The first-order valence-electron chi connectivity index (χ1n) is 9.33. The van der Waals surface area contributed by atoms with Crippen LogP contribution in [0.2, 0.25) is 0 Å². The van der Waals surface area contributed by atoms with E-state index in [4.69, 9.17) is 9.47 Å². The molecule has 29 heavy (non-hydrogen) atoms. The smallest absolute Gasteiger partial charge is 0.416 e. The van der Waals surface area contributed by atoms with Crippen LogP contribution in [0.1, 0.15) is 12.0 Å². The highest BCUT2D eigenvalue weighted by molar-refractivity contribution is 5.78. The maximum atomic E-state index is 12.8. The summed E-state index contributed by atoms with van der Waals surface area (Å²) in [5.74, 6) is 0.578. The van der Waals surface area contributed by atoms with Gasteiger partial charge in [-0.15, -0.1) is 0 Å². The van der Waals surface area contributed by atoms with E-state index in [2.05, 4.69) is 4.90 Å². The molecule has 1 aliphatic rings. The van der Waals surface area contributed by atoms with Crippen molar-refractivity contribution in [2.75, 3.05) is 44.8 Å². The number of ether oxygens (including phenoxy) is 2. The predicted molar refractivity (Wildman–Crippen MR) is 103 cm³/mol. The Morgan fingerprint density at radius 1 is 1.00 bits per heavy atom. The Bertz CT molecular complexity index is 825. The number of rotatable bonds is 5. The summed E-state index contributed by atoms with van der Waals surface area (Å²) in [4.78, 5) is 16.4. The molecule has 0 atom stereocenters. The molecule has 0 radical (unpaired) electrons. The minimum absolute atomic E-state index is 0.0304. The van der Waals surface area contributed by atoms with Crippen LogP contribution in [-0.2, 0) is 11.0 Å². The first-order chi connectivity index (χ1) is 13.9. The van der Waals surface area contributed by atoms with E-state index >= 15 is 0 Å². The van der Waals surface area contributed by atoms with Crippen molar-refractivity contribution < 1.29 is 27.4 Å². The average molecular weight is 408 g/mol. The highest BCUT2D eigenvalue weighted by Gasteiger charge is 2.30. The Balaban J connectivity index is 1.54. The Morgan fingerprint density at radius 3 is 2.45 bits per heavy atom. The van der Waals surface area contributed by atoms with Crippen LogP contribution in [0.25, 0.3) is 0 Å². The SMILES string of the molecule is COc1ccc(N2CCCN(C(=O)COc3cccc(C(F)(F)F)c3)CC2)cc1. The van der Waals surface area contributed by atoms with Crippen LogP contribution in [-0.4, -0.2) is 50.7 Å². The molecule has 0 saturated carbocycles. The van der Waals surface area contributed by atoms with Gasteiger partial charge in [-0.2, -0.15) is 13.2 Å². The fourth-order valence-corrected chi connectivity index (χ4v) is 3.22. The van der Waals surface area contributed by atoms with E-state index in [0.29, 0.717) is 19.6 Å². The zero-order chi connectivity index (χ0) is 20.9. The molecule has 1 aliphatic heterocycles. The highest BCUT2D eigenvalue weighted by atomic mass is 19.4. The van der Waals surface area contributed by atoms with Gasteiger partial charge < -0.3 is 19.3 Å². The third kappa shape index (κ3) is 5.56. The summed E-state index contributed by atoms with van der Waals surface area (Å²) in [6, 6.07) is 12.3. The van der Waals surface area contributed by atoms with Crippen molar-refractivity contribution in [3.8, 4) is 11.5 Å². The molecule has 1 saturated heterocycles. The van der Waals surface area contributed by atoms with Gasteiger partial charge in [0, 0.05) is 31.9 Å². The molecule has 0 aliphatic carbocycles. The van der Waals surface area contributed by atoms with Gasteiger partial charge in [0.1, 0.15) is 11.5 Å². The number of carbonyl (C=O) groups excluding carboxylic acids is 1. The number of hydrogen-bond donors (Lipinski definition) is 0. The first kappa shape index (κ1) is 20.8. The van der Waals surface area contributed by atoms with Gasteiger partial charge in [-0.1, -0.05) is 6.07 Å². The Labute approximate surface area is 167 Å². The van der Waals surface area contributed by atoms with Crippen LogP contribution in [0.5, 0.6) is 11.5 Å². The van der Waals surface area contributed by atoms with Crippen molar-refractivity contribution in [1.29, 1.82) is 0 Å². The summed E-state index contributed by atoms with van der Waals surface area (Å²) >= 11 is 0. The maximum Gasteiger partial charge on any atom is 0.416 e. The van der Waals surface area contributed by atoms with Gasteiger partial charge in [-0.3, -0.25) is 4.79 Å². The largest absolute Gasteiger partial charge is 0.497 e. The minimum atomic E-state index is -4.45. The summed E-state index contributed by atoms with van der Waals surface area (Å²) in [6.45, 7) is 2.30. The number of methoxy groups -OCH3 is 1. The van der Waals surface area contributed by atoms with Crippen molar-refractivity contribution in [1.82, 2.24) is 4.90 Å². The number of amides is 1. The molecule has 0 unspecified atom stereocenters. The lowest BCUT2D eigenvalue weighted by Crippen LogP contribution is -2.38. The molecular weight excluding hydrogens is 385 g/mol. The van der Waals surface area contributed by atoms with Crippen LogP contribution in [0.3, 0.4) is 0 Å². The van der Waals surface area contributed by atoms with Gasteiger partial charge in [0.15, 0.2) is 6.61 Å². The highest BCUT2D eigenvalue weighted by Crippen LogP contribution is 2.31. The van der Waals surface area contributed by atoms with Gasteiger partial charge in [-0.25, -0.2) is 0 Å². The molecule has 1 amide bonds. The van der Waals surface area contributed by atoms with Crippen molar-refractivity contribution in [3.63, 3.8) is 0 Å². The molecule has 2 aromatic carbocycles. The standard InChI is InChI=1S/C21H23F3N2O3/c1-28-18-8-6-17(7-9-18)25-10-3-11-26(13-12-25)20(27)15-29-19-5-2-4-16(14-19)21(22,23)24/h2,4-9,14H,3,10-13,15H2,1H3. The third-order valence-corrected chi connectivity index (χ3v) is 4.81. The van der Waals surface area contributed by atoms with Gasteiger partial charge in [0.2, 0.25) is 0 Å². The molecule has 0 aromatic heterocycles. The van der Waals surface area contributed by atoms with Crippen LogP contribution in [0.4, 0.5) is 18.9 Å². The van der Waals surface area contributed by atoms with Crippen molar-refractivity contribution in [3.05, 3.63) is 54.1 Å². The second kappa shape index (κ2) is 9.07. The third-order valence-electron chi connectivity index (χ3n) is 4.81. The van der Waals surface area contributed by atoms with E-state index < -0.39 is 11.7 Å². The fourth-order valence-electron chi connectivity index (χ4n) is 3.22. The Morgan fingerprint density at radius 2 is 1.76 bits per heavy atom. The van der Waals surface area contributed by atoms with E-state index in [9.17, 15) is 18.0 Å².